The van der Waals surface area contributed by atoms with Gasteiger partial charge in [-0.05, 0) is 86.2 Å². The second kappa shape index (κ2) is 15.9. The van der Waals surface area contributed by atoms with Gasteiger partial charge in [0, 0.05) is 68.1 Å². The Labute approximate surface area is 278 Å². The minimum absolute atomic E-state index is 0.0521. The van der Waals surface area contributed by atoms with Crippen molar-refractivity contribution in [2.24, 2.45) is 4.99 Å². The van der Waals surface area contributed by atoms with Crippen LogP contribution in [-0.4, -0.2) is 50.8 Å². The van der Waals surface area contributed by atoms with Crippen LogP contribution >= 0.6 is 11.6 Å². The molecule has 0 fully saturated rings. The van der Waals surface area contributed by atoms with Gasteiger partial charge in [-0.3, -0.25) is 4.99 Å². The van der Waals surface area contributed by atoms with Gasteiger partial charge in [-0.1, -0.05) is 60.1 Å². The van der Waals surface area contributed by atoms with Gasteiger partial charge in [0.15, 0.2) is 0 Å². The molecule has 0 saturated carbocycles. The molecule has 0 aliphatic heterocycles. The first kappa shape index (κ1) is 36.1. The number of nitrogens with zero attached hydrogens (tertiary/aromatic N) is 3. The molecule has 1 aliphatic carbocycles. The van der Waals surface area contributed by atoms with E-state index < -0.39 is 25.2 Å². The van der Waals surface area contributed by atoms with Gasteiger partial charge in [-0.15, -0.1) is 0 Å². The molecule has 0 saturated heterocycles. The summed E-state index contributed by atoms with van der Waals surface area (Å²) in [6, 6.07) is 21.4. The molecule has 0 aromatic heterocycles. The Bertz CT molecular complexity index is 1560. The maximum Gasteiger partial charge on any atom is 0.389 e. The number of hydrogen-bond acceptors (Lipinski definition) is 3. The van der Waals surface area contributed by atoms with E-state index in [4.69, 9.17) is 11.6 Å². The Balaban J connectivity index is 1.83. The van der Waals surface area contributed by atoms with E-state index in [2.05, 4.69) is 35.9 Å². The fourth-order valence-corrected chi connectivity index (χ4v) is 6.18. The Morgan fingerprint density at radius 3 is 1.81 bits per heavy atom. The molecule has 0 heterocycles. The number of benzene rings is 3. The third-order valence-corrected chi connectivity index (χ3v) is 8.46. The van der Waals surface area contributed by atoms with E-state index in [-0.39, 0.29) is 25.9 Å². The summed E-state index contributed by atoms with van der Waals surface area (Å²) in [6.45, 7) is 8.41. The van der Waals surface area contributed by atoms with Crippen molar-refractivity contribution in [1.82, 2.24) is 0 Å². The van der Waals surface area contributed by atoms with Crippen LogP contribution in [0.4, 0.5) is 37.7 Å². The van der Waals surface area contributed by atoms with Gasteiger partial charge < -0.3 is 9.80 Å². The molecule has 0 atom stereocenters. The Kier molecular flexibility index (Phi) is 12.2. The SMILES string of the molecule is CCN=C1C=CC(=C(c2ccc(N(CC)CC)cc2)c2ccc(N(CCCC(F)(F)F)CCCC(F)(F)F)cc2Cl)c2ccccc21. The average Bonchev–Trinajstić information content (AvgIpc) is 3.02. The summed E-state index contributed by atoms with van der Waals surface area (Å²) in [7, 11) is 0. The quantitative estimate of drug-likeness (QED) is 0.168. The van der Waals surface area contributed by atoms with Crippen LogP contribution in [0.1, 0.15) is 68.7 Å². The average molecular weight is 676 g/mol. The van der Waals surface area contributed by atoms with Gasteiger partial charge in [0.1, 0.15) is 0 Å². The molecule has 0 N–H and O–H groups in total. The first-order valence-electron chi connectivity index (χ1n) is 16.0. The van der Waals surface area contributed by atoms with Gasteiger partial charge in [0.2, 0.25) is 0 Å². The Morgan fingerprint density at radius 2 is 1.28 bits per heavy atom. The second-order valence-electron chi connectivity index (χ2n) is 11.3. The van der Waals surface area contributed by atoms with E-state index in [1.54, 1.807) is 17.0 Å². The Morgan fingerprint density at radius 1 is 0.702 bits per heavy atom. The van der Waals surface area contributed by atoms with Gasteiger partial charge in [-0.2, -0.15) is 26.3 Å². The summed E-state index contributed by atoms with van der Waals surface area (Å²) in [5, 5.41) is 0.341. The number of aliphatic imine (C=N–C) groups is 1. The monoisotopic (exact) mass is 675 g/mol. The largest absolute Gasteiger partial charge is 0.389 e. The van der Waals surface area contributed by atoms with E-state index >= 15 is 0 Å². The van der Waals surface area contributed by atoms with Gasteiger partial charge >= 0.3 is 12.4 Å². The van der Waals surface area contributed by atoms with Crippen molar-refractivity contribution in [2.75, 3.05) is 42.5 Å². The van der Waals surface area contributed by atoms with Crippen molar-refractivity contribution in [2.45, 2.75) is 58.8 Å². The molecule has 3 nitrogen and oxygen atoms in total. The highest BCUT2D eigenvalue weighted by Crippen LogP contribution is 2.41. The zero-order valence-corrected chi connectivity index (χ0v) is 27.6. The number of halogens is 7. The molecule has 1 aliphatic rings. The van der Waals surface area contributed by atoms with Crippen molar-refractivity contribution in [1.29, 1.82) is 0 Å². The fourth-order valence-electron chi connectivity index (χ4n) is 5.91. The maximum atomic E-state index is 12.9. The smallest absolute Gasteiger partial charge is 0.372 e. The standard InChI is InChI=1S/C37H40ClF6N3/c1-4-45-34-20-19-31(29-11-7-8-12-30(29)34)35(26-13-15-27(16-14-26)46(5-2)6-3)32-18-17-28(25-33(32)38)47(23-9-21-36(39,40)41)24-10-22-37(42,43)44/h7-8,11-20,25H,4-6,9-10,21-24H2,1-3H3. The van der Waals surface area contributed by atoms with Crippen LogP contribution in [0.15, 0.2) is 83.9 Å². The number of alkyl halides is 6. The third-order valence-electron chi connectivity index (χ3n) is 8.15. The molecule has 0 unspecified atom stereocenters. The number of rotatable bonds is 13. The van der Waals surface area contributed by atoms with Gasteiger partial charge in [0.25, 0.3) is 0 Å². The van der Waals surface area contributed by atoms with Gasteiger partial charge in [-0.25, -0.2) is 0 Å². The van der Waals surface area contributed by atoms with Crippen molar-refractivity contribution in [3.8, 4) is 0 Å². The van der Waals surface area contributed by atoms with E-state index in [1.807, 2.05) is 61.5 Å². The van der Waals surface area contributed by atoms with Crippen molar-refractivity contribution in [3.63, 3.8) is 0 Å². The fraction of sp³-hybridized carbons (Fsp3) is 0.378. The molecule has 10 heteroatoms. The van der Waals surface area contributed by atoms with E-state index in [0.29, 0.717) is 22.8 Å². The summed E-state index contributed by atoms with van der Waals surface area (Å²) < 4.78 is 77.6. The number of hydrogen-bond donors (Lipinski definition) is 0. The lowest BCUT2D eigenvalue weighted by Gasteiger charge is -2.27. The van der Waals surface area contributed by atoms with Crippen LogP contribution < -0.4 is 9.80 Å². The van der Waals surface area contributed by atoms with Crippen LogP contribution in [0.3, 0.4) is 0 Å². The van der Waals surface area contributed by atoms with Crippen LogP contribution in [0.25, 0.3) is 11.1 Å². The first-order chi connectivity index (χ1) is 22.3. The molecule has 47 heavy (non-hydrogen) atoms. The summed E-state index contributed by atoms with van der Waals surface area (Å²) in [5.74, 6) is 0. The molecular weight excluding hydrogens is 636 g/mol. The zero-order valence-electron chi connectivity index (χ0n) is 26.9. The lowest BCUT2D eigenvalue weighted by Crippen LogP contribution is -2.28. The number of allylic oxidation sites excluding steroid dienone is 3. The van der Waals surface area contributed by atoms with Crippen molar-refractivity contribution < 1.29 is 26.3 Å². The second-order valence-corrected chi connectivity index (χ2v) is 11.7. The van der Waals surface area contributed by atoms with E-state index in [0.717, 1.165) is 52.3 Å². The summed E-state index contributed by atoms with van der Waals surface area (Å²) in [6.07, 6.45) is -7.24. The first-order valence-corrected chi connectivity index (χ1v) is 16.3. The molecule has 4 rings (SSSR count). The maximum absolute atomic E-state index is 12.9. The summed E-state index contributed by atoms with van der Waals surface area (Å²) >= 11 is 7.01. The van der Waals surface area contributed by atoms with Crippen LogP contribution in [0, 0.1) is 0 Å². The summed E-state index contributed by atoms with van der Waals surface area (Å²) in [5.41, 5.74) is 7.77. The number of anilines is 2. The molecule has 0 bridgehead atoms. The normalized spacial score (nSPS) is 15.1. The van der Waals surface area contributed by atoms with Crippen molar-refractivity contribution in [3.05, 3.63) is 106 Å². The molecule has 0 amide bonds. The molecule has 0 spiro atoms. The molecule has 3 aromatic rings. The van der Waals surface area contributed by atoms with Crippen LogP contribution in [0.5, 0.6) is 0 Å². The van der Waals surface area contributed by atoms with E-state index in [1.165, 1.54) is 0 Å². The van der Waals surface area contributed by atoms with Crippen molar-refractivity contribution >= 4 is 39.8 Å². The molecular formula is C37H40ClF6N3. The Hall–Kier alpha value is -3.72. The van der Waals surface area contributed by atoms with Crippen LogP contribution in [-0.2, 0) is 0 Å². The molecule has 3 aromatic carbocycles. The zero-order chi connectivity index (χ0) is 34.2. The minimum Gasteiger partial charge on any atom is -0.372 e. The van der Waals surface area contributed by atoms with Gasteiger partial charge in [0.05, 0.1) is 10.7 Å². The molecule has 252 valence electrons. The lowest BCUT2D eigenvalue weighted by molar-refractivity contribution is -0.135. The topological polar surface area (TPSA) is 18.8 Å². The predicted molar refractivity (Wildman–Crippen MR) is 183 cm³/mol. The highest BCUT2D eigenvalue weighted by Gasteiger charge is 2.29. The minimum atomic E-state index is -4.35. The lowest BCUT2D eigenvalue weighted by atomic mass is 9.83. The summed E-state index contributed by atoms with van der Waals surface area (Å²) in [4.78, 5) is 8.47. The predicted octanol–water partition coefficient (Wildman–Crippen LogP) is 11.0. The third kappa shape index (κ3) is 9.66. The van der Waals surface area contributed by atoms with Crippen LogP contribution in [0.2, 0.25) is 5.02 Å². The molecule has 0 radical (unpaired) electrons. The van der Waals surface area contributed by atoms with E-state index in [9.17, 15) is 26.3 Å². The highest BCUT2D eigenvalue weighted by molar-refractivity contribution is 6.33. The number of fused-ring (bicyclic) bond motifs is 1. The highest BCUT2D eigenvalue weighted by atomic mass is 35.5.